The summed E-state index contributed by atoms with van der Waals surface area (Å²) in [5.41, 5.74) is -1.57. The van der Waals surface area contributed by atoms with Crippen LogP contribution in [0.25, 0.3) is 0 Å². The van der Waals surface area contributed by atoms with Gasteiger partial charge >= 0.3 is 5.97 Å². The molecule has 7 heteroatoms. The maximum Gasteiger partial charge on any atom is 0.329 e. The molecule has 0 saturated carbocycles. The molecule has 0 bridgehead atoms. The molecule has 0 unspecified atom stereocenters. The molecule has 0 atom stereocenters. The van der Waals surface area contributed by atoms with E-state index in [0.29, 0.717) is 4.47 Å². The molecule has 5 nitrogen and oxygen atoms in total. The van der Waals surface area contributed by atoms with Crippen LogP contribution >= 0.6 is 15.9 Å². The van der Waals surface area contributed by atoms with Gasteiger partial charge in [-0.05, 0) is 18.2 Å². The van der Waals surface area contributed by atoms with E-state index in [1.807, 2.05) is 0 Å². The fraction of sp³-hybridized carbons (Fsp3) is 0.385. The van der Waals surface area contributed by atoms with Gasteiger partial charge in [-0.1, -0.05) is 15.9 Å². The van der Waals surface area contributed by atoms with Crippen molar-refractivity contribution in [2.75, 3.05) is 13.2 Å². The number of hydrogen-bond donors (Lipinski definition) is 2. The normalized spacial score (nSPS) is 17.5. The van der Waals surface area contributed by atoms with Crippen molar-refractivity contribution in [3.63, 3.8) is 0 Å². The number of carboxylic acids is 1. The molecule has 0 aliphatic carbocycles. The van der Waals surface area contributed by atoms with E-state index in [0.717, 1.165) is 6.07 Å². The van der Waals surface area contributed by atoms with Crippen LogP contribution in [0.3, 0.4) is 0 Å². The minimum atomic E-state index is -1.39. The number of rotatable bonds is 3. The number of hydrogen-bond acceptors (Lipinski definition) is 3. The minimum absolute atomic E-state index is 0.159. The summed E-state index contributed by atoms with van der Waals surface area (Å²) >= 11 is 3.10. The standard InChI is InChI=1S/C13H13BrFNO4/c14-8-1-2-9(10(15)7-8)11(17)16-13(12(18)19)3-5-20-6-4-13/h1-2,7H,3-6H2,(H,16,17)(H,18,19). The van der Waals surface area contributed by atoms with Gasteiger partial charge in [-0.2, -0.15) is 0 Å². The SMILES string of the molecule is O=C(NC1(C(=O)O)CCOCC1)c1ccc(Br)cc1F. The lowest BCUT2D eigenvalue weighted by Crippen LogP contribution is -2.57. The fourth-order valence-corrected chi connectivity index (χ4v) is 2.40. The van der Waals surface area contributed by atoms with E-state index in [9.17, 15) is 19.1 Å². The number of carbonyl (C=O) groups excluding carboxylic acids is 1. The Morgan fingerprint density at radius 2 is 2.00 bits per heavy atom. The fourth-order valence-electron chi connectivity index (χ4n) is 2.07. The van der Waals surface area contributed by atoms with E-state index < -0.39 is 23.2 Å². The topological polar surface area (TPSA) is 75.6 Å². The average molecular weight is 346 g/mol. The van der Waals surface area contributed by atoms with Gasteiger partial charge in [0, 0.05) is 30.5 Å². The van der Waals surface area contributed by atoms with Gasteiger partial charge in [0.15, 0.2) is 0 Å². The second-order valence-electron chi connectivity index (χ2n) is 4.58. The summed E-state index contributed by atoms with van der Waals surface area (Å²) in [6, 6.07) is 3.99. The van der Waals surface area contributed by atoms with Crippen LogP contribution in [0.4, 0.5) is 4.39 Å². The lowest BCUT2D eigenvalue weighted by atomic mass is 9.89. The van der Waals surface area contributed by atoms with Crippen molar-refractivity contribution in [3.8, 4) is 0 Å². The molecule has 1 heterocycles. The first-order valence-corrected chi connectivity index (χ1v) is 6.83. The number of ether oxygens (including phenoxy) is 1. The molecule has 1 fully saturated rings. The molecule has 2 N–H and O–H groups in total. The van der Waals surface area contributed by atoms with Crippen LogP contribution in [0.15, 0.2) is 22.7 Å². The molecule has 20 heavy (non-hydrogen) atoms. The molecular formula is C13H13BrFNO4. The Balaban J connectivity index is 2.22. The van der Waals surface area contributed by atoms with E-state index in [1.165, 1.54) is 12.1 Å². The molecule has 1 aromatic rings. The molecule has 0 spiro atoms. The monoisotopic (exact) mass is 345 g/mol. The van der Waals surface area contributed by atoms with E-state index in [-0.39, 0.29) is 31.6 Å². The average Bonchev–Trinajstić information content (AvgIpc) is 2.39. The van der Waals surface area contributed by atoms with Crippen LogP contribution in [0.2, 0.25) is 0 Å². The summed E-state index contributed by atoms with van der Waals surface area (Å²) in [5.74, 6) is -2.57. The zero-order chi connectivity index (χ0) is 14.8. The molecule has 1 aliphatic heterocycles. The Bertz CT molecular complexity index is 543. The number of carbonyl (C=O) groups is 2. The third kappa shape index (κ3) is 2.99. The zero-order valence-corrected chi connectivity index (χ0v) is 12.1. The minimum Gasteiger partial charge on any atom is -0.480 e. The van der Waals surface area contributed by atoms with Gasteiger partial charge in [0.05, 0.1) is 5.56 Å². The Labute approximate surface area is 123 Å². The summed E-state index contributed by atoms with van der Waals surface area (Å²) in [5, 5.41) is 11.8. The smallest absolute Gasteiger partial charge is 0.329 e. The molecule has 0 aromatic heterocycles. The molecule has 1 aliphatic rings. The second-order valence-corrected chi connectivity index (χ2v) is 5.49. The molecule has 108 valence electrons. The summed E-state index contributed by atoms with van der Waals surface area (Å²) in [6.07, 6.45) is 0.318. The van der Waals surface area contributed by atoms with Crippen LogP contribution in [-0.4, -0.2) is 35.7 Å². The predicted octanol–water partition coefficient (Wildman–Crippen LogP) is 1.95. The molecule has 0 radical (unpaired) electrons. The van der Waals surface area contributed by atoms with E-state index in [2.05, 4.69) is 21.2 Å². The Morgan fingerprint density at radius 1 is 1.35 bits per heavy atom. The highest BCUT2D eigenvalue weighted by atomic mass is 79.9. The van der Waals surface area contributed by atoms with Crippen molar-refractivity contribution in [3.05, 3.63) is 34.1 Å². The van der Waals surface area contributed by atoms with Gasteiger partial charge in [-0.3, -0.25) is 4.79 Å². The van der Waals surface area contributed by atoms with Gasteiger partial charge in [0.1, 0.15) is 11.4 Å². The van der Waals surface area contributed by atoms with Crippen molar-refractivity contribution in [1.82, 2.24) is 5.32 Å². The lowest BCUT2D eigenvalue weighted by Gasteiger charge is -2.33. The highest BCUT2D eigenvalue weighted by Crippen LogP contribution is 2.23. The van der Waals surface area contributed by atoms with Crippen molar-refractivity contribution < 1.29 is 23.8 Å². The van der Waals surface area contributed by atoms with Gasteiger partial charge in [0.25, 0.3) is 5.91 Å². The third-order valence-corrected chi connectivity index (χ3v) is 3.78. The summed E-state index contributed by atoms with van der Waals surface area (Å²) in [6.45, 7) is 0.491. The first-order valence-electron chi connectivity index (χ1n) is 6.03. The molecular weight excluding hydrogens is 333 g/mol. The largest absolute Gasteiger partial charge is 0.480 e. The predicted molar refractivity (Wildman–Crippen MR) is 72.0 cm³/mol. The molecule has 1 aromatic carbocycles. The summed E-state index contributed by atoms with van der Waals surface area (Å²) in [4.78, 5) is 23.5. The van der Waals surface area contributed by atoms with Crippen LogP contribution in [0.1, 0.15) is 23.2 Å². The summed E-state index contributed by atoms with van der Waals surface area (Å²) in [7, 11) is 0. The van der Waals surface area contributed by atoms with Crippen molar-refractivity contribution in [2.24, 2.45) is 0 Å². The van der Waals surface area contributed by atoms with Gasteiger partial charge in [0.2, 0.25) is 0 Å². The highest BCUT2D eigenvalue weighted by Gasteiger charge is 2.42. The van der Waals surface area contributed by atoms with E-state index >= 15 is 0 Å². The highest BCUT2D eigenvalue weighted by molar-refractivity contribution is 9.10. The molecule has 2 rings (SSSR count). The van der Waals surface area contributed by atoms with Crippen LogP contribution in [0, 0.1) is 5.82 Å². The van der Waals surface area contributed by atoms with Crippen LogP contribution in [-0.2, 0) is 9.53 Å². The molecule has 1 amide bonds. The van der Waals surface area contributed by atoms with Crippen molar-refractivity contribution >= 4 is 27.8 Å². The van der Waals surface area contributed by atoms with Crippen molar-refractivity contribution in [2.45, 2.75) is 18.4 Å². The number of nitrogens with one attached hydrogen (secondary N) is 1. The third-order valence-electron chi connectivity index (χ3n) is 3.28. The maximum atomic E-state index is 13.7. The second kappa shape index (κ2) is 5.88. The van der Waals surface area contributed by atoms with Crippen LogP contribution < -0.4 is 5.32 Å². The number of halogens is 2. The van der Waals surface area contributed by atoms with Gasteiger partial charge in [-0.25, -0.2) is 9.18 Å². The first kappa shape index (κ1) is 14.9. The Hall–Kier alpha value is -1.47. The number of benzene rings is 1. The van der Waals surface area contributed by atoms with Gasteiger partial charge < -0.3 is 15.2 Å². The zero-order valence-electron chi connectivity index (χ0n) is 10.5. The number of amides is 1. The van der Waals surface area contributed by atoms with Gasteiger partial charge in [-0.15, -0.1) is 0 Å². The van der Waals surface area contributed by atoms with Crippen molar-refractivity contribution in [1.29, 1.82) is 0 Å². The summed E-state index contributed by atoms with van der Waals surface area (Å²) < 4.78 is 19.3. The maximum absolute atomic E-state index is 13.7. The number of aliphatic carboxylic acids is 1. The Morgan fingerprint density at radius 3 is 2.55 bits per heavy atom. The Kier molecular flexibility index (Phi) is 4.39. The van der Waals surface area contributed by atoms with E-state index in [4.69, 9.17) is 4.74 Å². The van der Waals surface area contributed by atoms with Crippen LogP contribution in [0.5, 0.6) is 0 Å². The number of carboxylic acid groups (broad SMARTS) is 1. The molecule has 1 saturated heterocycles. The quantitative estimate of drug-likeness (QED) is 0.877. The first-order chi connectivity index (χ1) is 9.44. The lowest BCUT2D eigenvalue weighted by molar-refractivity contribution is -0.148. The van der Waals surface area contributed by atoms with E-state index in [1.54, 1.807) is 0 Å².